The van der Waals surface area contributed by atoms with Crippen LogP contribution in [0.2, 0.25) is 10.0 Å². The van der Waals surface area contributed by atoms with Crippen molar-refractivity contribution in [2.24, 2.45) is 0 Å². The van der Waals surface area contributed by atoms with E-state index in [0.29, 0.717) is 27.7 Å². The topological polar surface area (TPSA) is 54.5 Å². The number of halogens is 2. The first-order chi connectivity index (χ1) is 11.8. The van der Waals surface area contributed by atoms with Crippen LogP contribution in [0.25, 0.3) is 0 Å². The van der Waals surface area contributed by atoms with Crippen LogP contribution >= 0.6 is 23.2 Å². The minimum Gasteiger partial charge on any atom is -0.304 e. The second-order valence-corrected chi connectivity index (χ2v) is 9.20. The minimum atomic E-state index is -3.15. The van der Waals surface area contributed by atoms with Crippen LogP contribution in [0.15, 0.2) is 42.5 Å². The average Bonchev–Trinajstić information content (AvgIpc) is 2.91. The molecule has 1 unspecified atom stereocenters. The van der Waals surface area contributed by atoms with Crippen LogP contribution in [-0.4, -0.2) is 31.9 Å². The third-order valence-corrected chi connectivity index (χ3v) is 6.76. The molecule has 1 aliphatic heterocycles. The molecule has 1 aliphatic rings. The van der Waals surface area contributed by atoms with Crippen molar-refractivity contribution in [1.29, 1.82) is 0 Å². The summed E-state index contributed by atoms with van der Waals surface area (Å²) in [5.74, 6) is -0.253. The van der Waals surface area contributed by atoms with Crippen LogP contribution in [0.5, 0.6) is 0 Å². The van der Waals surface area contributed by atoms with E-state index >= 15 is 0 Å². The predicted molar refractivity (Wildman–Crippen MR) is 102 cm³/mol. The Morgan fingerprint density at radius 2 is 1.88 bits per heavy atom. The van der Waals surface area contributed by atoms with Gasteiger partial charge in [0, 0.05) is 21.3 Å². The SMILES string of the molecule is Cc1c(Cl)cccc1N(C(=O)c1cccc(Cl)c1)C1CCS(=O)(=O)C1. The van der Waals surface area contributed by atoms with E-state index in [1.807, 2.05) is 6.92 Å². The molecule has 1 fully saturated rings. The maximum absolute atomic E-state index is 13.2. The van der Waals surface area contributed by atoms with Crippen molar-refractivity contribution in [3.63, 3.8) is 0 Å². The van der Waals surface area contributed by atoms with Crippen LogP contribution in [0.1, 0.15) is 22.3 Å². The van der Waals surface area contributed by atoms with E-state index < -0.39 is 15.9 Å². The van der Waals surface area contributed by atoms with Crippen LogP contribution < -0.4 is 4.90 Å². The number of hydrogen-bond donors (Lipinski definition) is 0. The normalized spacial score (nSPS) is 18.9. The van der Waals surface area contributed by atoms with Gasteiger partial charge in [0.2, 0.25) is 0 Å². The van der Waals surface area contributed by atoms with Gasteiger partial charge in [-0.2, -0.15) is 0 Å². The average molecular weight is 398 g/mol. The van der Waals surface area contributed by atoms with E-state index in [4.69, 9.17) is 23.2 Å². The molecule has 1 heterocycles. The Hall–Kier alpha value is -1.56. The van der Waals surface area contributed by atoms with Crippen LogP contribution in [-0.2, 0) is 9.84 Å². The Kier molecular flexibility index (Phi) is 5.09. The molecule has 4 nitrogen and oxygen atoms in total. The van der Waals surface area contributed by atoms with Gasteiger partial charge in [-0.25, -0.2) is 8.42 Å². The number of anilines is 1. The summed E-state index contributed by atoms with van der Waals surface area (Å²) in [6.07, 6.45) is 0.403. The van der Waals surface area contributed by atoms with Crippen molar-refractivity contribution in [3.8, 4) is 0 Å². The number of carbonyl (C=O) groups excluding carboxylic acids is 1. The molecule has 0 radical (unpaired) electrons. The number of nitrogens with zero attached hydrogens (tertiary/aromatic N) is 1. The third-order valence-electron chi connectivity index (χ3n) is 4.36. The van der Waals surface area contributed by atoms with Gasteiger partial charge in [-0.1, -0.05) is 35.3 Å². The standard InChI is InChI=1S/C18H17Cl2NO3S/c1-12-16(20)6-3-7-17(12)21(15-8-9-25(23,24)11-15)18(22)13-4-2-5-14(19)10-13/h2-7,10,15H,8-9,11H2,1H3. The van der Waals surface area contributed by atoms with Gasteiger partial charge in [-0.05, 0) is 49.2 Å². The monoisotopic (exact) mass is 397 g/mol. The minimum absolute atomic E-state index is 0.0503. The number of benzene rings is 2. The van der Waals surface area contributed by atoms with Crippen molar-refractivity contribution in [2.75, 3.05) is 16.4 Å². The molecular formula is C18H17Cl2NO3S. The molecule has 0 N–H and O–H groups in total. The van der Waals surface area contributed by atoms with E-state index in [-0.39, 0.29) is 17.4 Å². The molecule has 0 aliphatic carbocycles. The zero-order valence-electron chi connectivity index (χ0n) is 13.6. The third kappa shape index (κ3) is 3.84. The first-order valence-electron chi connectivity index (χ1n) is 7.83. The smallest absolute Gasteiger partial charge is 0.258 e. The Labute approximate surface area is 157 Å². The zero-order chi connectivity index (χ0) is 18.2. The molecule has 0 saturated carbocycles. The fourth-order valence-electron chi connectivity index (χ4n) is 3.07. The second kappa shape index (κ2) is 6.98. The van der Waals surface area contributed by atoms with E-state index in [1.165, 1.54) is 0 Å². The van der Waals surface area contributed by atoms with E-state index in [2.05, 4.69) is 0 Å². The summed E-state index contributed by atoms with van der Waals surface area (Å²) < 4.78 is 23.9. The van der Waals surface area contributed by atoms with Crippen molar-refractivity contribution < 1.29 is 13.2 Å². The molecular weight excluding hydrogens is 381 g/mol. The Balaban J connectivity index is 2.09. The van der Waals surface area contributed by atoms with Gasteiger partial charge in [0.25, 0.3) is 5.91 Å². The summed E-state index contributed by atoms with van der Waals surface area (Å²) in [6.45, 7) is 1.82. The highest BCUT2D eigenvalue weighted by molar-refractivity contribution is 7.91. The van der Waals surface area contributed by atoms with Crippen molar-refractivity contribution in [1.82, 2.24) is 0 Å². The summed E-state index contributed by atoms with van der Waals surface area (Å²) in [7, 11) is -3.15. The summed E-state index contributed by atoms with van der Waals surface area (Å²) in [6, 6.07) is 11.5. The molecule has 25 heavy (non-hydrogen) atoms. The number of amides is 1. The number of sulfone groups is 1. The predicted octanol–water partition coefficient (Wildman–Crippen LogP) is 4.14. The summed E-state index contributed by atoms with van der Waals surface area (Å²) in [4.78, 5) is 14.7. The number of hydrogen-bond acceptors (Lipinski definition) is 3. The van der Waals surface area contributed by atoms with Gasteiger partial charge in [0.15, 0.2) is 9.84 Å². The Morgan fingerprint density at radius 3 is 2.52 bits per heavy atom. The molecule has 2 aromatic carbocycles. The highest BCUT2D eigenvalue weighted by Gasteiger charge is 2.36. The quantitative estimate of drug-likeness (QED) is 0.781. The van der Waals surface area contributed by atoms with Gasteiger partial charge in [0.1, 0.15) is 0 Å². The lowest BCUT2D eigenvalue weighted by Crippen LogP contribution is -2.41. The molecule has 0 aromatic heterocycles. The molecule has 7 heteroatoms. The summed E-state index contributed by atoms with van der Waals surface area (Å²) >= 11 is 12.2. The molecule has 132 valence electrons. The first-order valence-corrected chi connectivity index (χ1v) is 10.4. The van der Waals surface area contributed by atoms with Gasteiger partial charge in [-0.3, -0.25) is 4.79 Å². The molecule has 2 aromatic rings. The molecule has 0 spiro atoms. The van der Waals surface area contributed by atoms with Crippen molar-refractivity contribution in [2.45, 2.75) is 19.4 Å². The van der Waals surface area contributed by atoms with Gasteiger partial charge < -0.3 is 4.90 Å². The summed E-state index contributed by atoms with van der Waals surface area (Å²) in [5.41, 5.74) is 1.78. The fourth-order valence-corrected chi connectivity index (χ4v) is 5.13. The van der Waals surface area contributed by atoms with Crippen molar-refractivity contribution in [3.05, 3.63) is 63.6 Å². The Bertz CT molecular complexity index is 928. The molecule has 0 bridgehead atoms. The highest BCUT2D eigenvalue weighted by Crippen LogP contribution is 2.32. The van der Waals surface area contributed by atoms with Crippen LogP contribution in [0.3, 0.4) is 0 Å². The van der Waals surface area contributed by atoms with E-state index in [0.717, 1.165) is 5.56 Å². The molecule has 3 rings (SSSR count). The van der Waals surface area contributed by atoms with Crippen LogP contribution in [0.4, 0.5) is 5.69 Å². The van der Waals surface area contributed by atoms with Crippen LogP contribution in [0, 0.1) is 6.92 Å². The largest absolute Gasteiger partial charge is 0.304 e. The summed E-state index contributed by atoms with van der Waals surface area (Å²) in [5, 5.41) is 0.981. The van der Waals surface area contributed by atoms with Gasteiger partial charge in [0.05, 0.1) is 17.5 Å². The van der Waals surface area contributed by atoms with Crippen molar-refractivity contribution >= 4 is 44.6 Å². The highest BCUT2D eigenvalue weighted by atomic mass is 35.5. The first kappa shape index (κ1) is 18.2. The lowest BCUT2D eigenvalue weighted by Gasteiger charge is -2.30. The van der Waals surface area contributed by atoms with E-state index in [9.17, 15) is 13.2 Å². The second-order valence-electron chi connectivity index (χ2n) is 6.13. The van der Waals surface area contributed by atoms with Gasteiger partial charge >= 0.3 is 0 Å². The molecule has 1 atom stereocenters. The van der Waals surface area contributed by atoms with E-state index in [1.54, 1.807) is 47.4 Å². The molecule has 1 saturated heterocycles. The zero-order valence-corrected chi connectivity index (χ0v) is 15.9. The number of carbonyl (C=O) groups is 1. The molecule has 1 amide bonds. The lowest BCUT2D eigenvalue weighted by atomic mass is 10.1. The van der Waals surface area contributed by atoms with Gasteiger partial charge in [-0.15, -0.1) is 0 Å². The fraction of sp³-hybridized carbons (Fsp3) is 0.278. The Morgan fingerprint density at radius 1 is 1.16 bits per heavy atom. The number of rotatable bonds is 3. The lowest BCUT2D eigenvalue weighted by molar-refractivity contribution is 0.0979. The maximum Gasteiger partial charge on any atom is 0.258 e. The maximum atomic E-state index is 13.2.